The molecule has 0 rings (SSSR count). The van der Waals surface area contributed by atoms with Gasteiger partial charge < -0.3 is 53.6 Å². The fraction of sp³-hybridized carbons (Fsp3) is 0.697. The van der Waals surface area contributed by atoms with Gasteiger partial charge in [-0.05, 0) is 59.0 Å². The van der Waals surface area contributed by atoms with Crippen molar-refractivity contribution in [1.82, 2.24) is 42.1 Å². The number of nitrogens with one attached hydrogen (secondary N) is 7. The molecule has 0 radical (unpaired) electrons. The first-order chi connectivity index (χ1) is 23.2. The van der Waals surface area contributed by atoms with Gasteiger partial charge >= 0.3 is 0 Å². The Labute approximate surface area is 303 Å². The molecule has 0 aromatic rings. The zero-order valence-corrected chi connectivity index (χ0v) is 29.4. The first-order valence-corrected chi connectivity index (χ1v) is 16.3. The lowest BCUT2D eigenvalue weighted by Crippen LogP contribution is -2.48. The van der Waals surface area contributed by atoms with Gasteiger partial charge in [0, 0.05) is 46.4 Å². The first-order valence-electron chi connectivity index (χ1n) is 16.3. The van der Waals surface area contributed by atoms with Crippen molar-refractivity contribution >= 4 is 47.3 Å². The van der Waals surface area contributed by atoms with Crippen molar-refractivity contribution in [2.75, 3.05) is 59.9 Å². The minimum atomic E-state index is -0.811. The number of likely N-dealkylation sites (N-methyl/N-ethyl adjacent to an activating group) is 2. The summed E-state index contributed by atoms with van der Waals surface area (Å²) in [5.74, 6) is -3.19. The predicted octanol–water partition coefficient (Wildman–Crippen LogP) is -1.85. The summed E-state index contributed by atoms with van der Waals surface area (Å²) in [4.78, 5) is 95.3. The number of hydrogen-bond acceptors (Lipinski definition) is 10. The van der Waals surface area contributed by atoms with Gasteiger partial charge in [0.15, 0.2) is 0 Å². The Morgan fingerprint density at radius 1 is 0.706 bits per heavy atom. The van der Waals surface area contributed by atoms with E-state index < -0.39 is 41.6 Å². The topological polar surface area (TPSA) is 276 Å². The molecule has 11 N–H and O–H groups in total. The first kappa shape index (κ1) is 53.2. The maximum Gasteiger partial charge on any atom is 0.242 e. The van der Waals surface area contributed by atoms with Gasteiger partial charge in [-0.15, -0.1) is 6.58 Å². The second-order valence-corrected chi connectivity index (χ2v) is 11.0. The third-order valence-corrected chi connectivity index (χ3v) is 6.60. The van der Waals surface area contributed by atoms with Gasteiger partial charge in [0.2, 0.25) is 47.3 Å². The number of nitrogens with zero attached hydrogens (tertiary/aromatic N) is 1. The molecular formula is C33H66N10O8. The zero-order valence-electron chi connectivity index (χ0n) is 29.4. The van der Waals surface area contributed by atoms with Crippen LogP contribution in [0.4, 0.5) is 0 Å². The van der Waals surface area contributed by atoms with Gasteiger partial charge in [0.05, 0.1) is 12.6 Å². The van der Waals surface area contributed by atoms with Crippen molar-refractivity contribution in [2.45, 2.75) is 92.2 Å². The molecule has 8 amide bonds. The quantitative estimate of drug-likeness (QED) is 0.0354. The Bertz CT molecular complexity index is 1070. The van der Waals surface area contributed by atoms with Crippen LogP contribution in [0.2, 0.25) is 0 Å². The monoisotopic (exact) mass is 731 g/mol. The highest BCUT2D eigenvalue weighted by Gasteiger charge is 2.22. The third kappa shape index (κ3) is 32.4. The van der Waals surface area contributed by atoms with Crippen LogP contribution in [0.5, 0.6) is 0 Å². The van der Waals surface area contributed by atoms with Crippen LogP contribution in [0.25, 0.3) is 0 Å². The van der Waals surface area contributed by atoms with Crippen molar-refractivity contribution in [3.63, 3.8) is 0 Å². The molecule has 0 aliphatic heterocycles. The average Bonchev–Trinajstić information content (AvgIpc) is 3.01. The van der Waals surface area contributed by atoms with E-state index in [1.165, 1.54) is 13.8 Å². The highest BCUT2D eigenvalue weighted by Crippen LogP contribution is 2.03. The Morgan fingerprint density at radius 2 is 1.24 bits per heavy atom. The molecule has 0 aliphatic carbocycles. The maximum absolute atomic E-state index is 13.0. The van der Waals surface area contributed by atoms with E-state index >= 15 is 0 Å². The van der Waals surface area contributed by atoms with Crippen molar-refractivity contribution in [3.05, 3.63) is 12.7 Å². The van der Waals surface area contributed by atoms with Gasteiger partial charge in [-0.25, -0.2) is 0 Å². The van der Waals surface area contributed by atoms with Gasteiger partial charge in [0.25, 0.3) is 0 Å². The van der Waals surface area contributed by atoms with Crippen LogP contribution in [-0.2, 0) is 38.4 Å². The van der Waals surface area contributed by atoms with E-state index in [1.54, 1.807) is 20.2 Å². The van der Waals surface area contributed by atoms with E-state index in [0.717, 1.165) is 4.90 Å². The zero-order chi connectivity index (χ0) is 37.6. The summed E-state index contributed by atoms with van der Waals surface area (Å²) in [7, 11) is 3.31. The predicted molar refractivity (Wildman–Crippen MR) is 198 cm³/mol. The molecule has 2 atom stereocenters. The molecular weight excluding hydrogens is 664 g/mol. The van der Waals surface area contributed by atoms with Crippen molar-refractivity contribution < 1.29 is 38.4 Å². The van der Waals surface area contributed by atoms with Crippen LogP contribution < -0.4 is 48.7 Å². The number of nitrogens with two attached hydrogens (primary N) is 2. The second-order valence-electron chi connectivity index (χ2n) is 11.0. The van der Waals surface area contributed by atoms with Crippen molar-refractivity contribution in [2.24, 2.45) is 11.5 Å². The standard InChI is InChI=1S/C28H50N8O7.C3H8N2O.2CH4/c1-5-6-14-32-24(39)18-36(19-25(40)33-16-10-7-11-22(30-4)27(29)42)26(41)13-17-34-28(43)23(35-21(3)38)12-8-9-15-31-20(2)37;1-5-2-3(4)6;;/h5,22-23,30H,1,6-19H2,2-4H3,(H2,29,42)(H,31,37)(H,32,39)(H,33,40)(H,34,43)(H,35,38);5H,2H2,1H3,(H2,4,6);2*1H4/t22-,23-;;;/m0.../s1. The Morgan fingerprint density at radius 3 is 1.67 bits per heavy atom. The Hall–Kier alpha value is -4.58. The number of primary amides is 2. The molecule has 0 spiro atoms. The normalized spacial score (nSPS) is 10.9. The van der Waals surface area contributed by atoms with E-state index in [2.05, 4.69) is 43.8 Å². The fourth-order valence-electron chi connectivity index (χ4n) is 4.13. The number of unbranched alkanes of at least 4 members (excludes halogenated alkanes) is 2. The molecule has 18 heteroatoms. The van der Waals surface area contributed by atoms with E-state index in [9.17, 15) is 38.4 Å². The van der Waals surface area contributed by atoms with Gasteiger partial charge in [0.1, 0.15) is 19.1 Å². The molecule has 0 aliphatic rings. The molecule has 0 fully saturated rings. The molecule has 51 heavy (non-hydrogen) atoms. The van der Waals surface area contributed by atoms with Crippen LogP contribution in [-0.4, -0.2) is 124 Å². The summed E-state index contributed by atoms with van der Waals surface area (Å²) < 4.78 is 0. The van der Waals surface area contributed by atoms with Gasteiger partial charge in [-0.2, -0.15) is 0 Å². The van der Waals surface area contributed by atoms with Crippen molar-refractivity contribution in [3.8, 4) is 0 Å². The lowest BCUT2D eigenvalue weighted by atomic mass is 10.1. The summed E-state index contributed by atoms with van der Waals surface area (Å²) in [5.41, 5.74) is 10.00. The van der Waals surface area contributed by atoms with Gasteiger partial charge in [-0.1, -0.05) is 20.9 Å². The number of carbonyl (C=O) groups is 8. The van der Waals surface area contributed by atoms with Crippen LogP contribution in [0.1, 0.15) is 80.1 Å². The SMILES string of the molecule is C.C.C=CCCNC(=O)CN(CC(=O)NCCCC[C@H](NC)C(N)=O)C(=O)CCNC(=O)[C@H](CCCCNC(C)=O)NC(C)=O.CNCC(N)=O. The van der Waals surface area contributed by atoms with Crippen LogP contribution in [0.3, 0.4) is 0 Å². The largest absolute Gasteiger partial charge is 0.369 e. The molecule has 0 aromatic carbocycles. The van der Waals surface area contributed by atoms with Crippen molar-refractivity contribution in [1.29, 1.82) is 0 Å². The Balaban J connectivity index is -0.00000126. The summed E-state index contributed by atoms with van der Waals surface area (Å²) in [6.07, 6.45) is 5.28. The second kappa shape index (κ2) is 33.9. The smallest absolute Gasteiger partial charge is 0.242 e. The lowest BCUT2D eigenvalue weighted by molar-refractivity contribution is -0.139. The fourth-order valence-corrected chi connectivity index (χ4v) is 4.13. The number of rotatable bonds is 26. The summed E-state index contributed by atoms with van der Waals surface area (Å²) in [5, 5.41) is 18.7. The summed E-state index contributed by atoms with van der Waals surface area (Å²) >= 11 is 0. The number of amides is 8. The molecule has 0 saturated carbocycles. The third-order valence-electron chi connectivity index (χ3n) is 6.60. The maximum atomic E-state index is 13.0. The molecule has 0 bridgehead atoms. The molecule has 0 aromatic heterocycles. The molecule has 0 heterocycles. The van der Waals surface area contributed by atoms with E-state index in [-0.39, 0.29) is 65.2 Å². The lowest BCUT2D eigenvalue weighted by Gasteiger charge is -2.22. The minimum absolute atomic E-state index is 0. The molecule has 18 nitrogen and oxygen atoms in total. The summed E-state index contributed by atoms with van der Waals surface area (Å²) in [6.45, 7) is 6.89. The number of hydrogen-bond donors (Lipinski definition) is 9. The van der Waals surface area contributed by atoms with E-state index in [1.807, 2.05) is 0 Å². The molecule has 0 unspecified atom stereocenters. The van der Waals surface area contributed by atoms with Gasteiger partial charge in [-0.3, -0.25) is 38.4 Å². The molecule has 296 valence electrons. The summed E-state index contributed by atoms with van der Waals surface area (Å²) in [6, 6.07) is -1.26. The number of carbonyl (C=O) groups excluding carboxylic acids is 8. The highest BCUT2D eigenvalue weighted by atomic mass is 16.2. The van der Waals surface area contributed by atoms with Crippen LogP contribution in [0.15, 0.2) is 12.7 Å². The van der Waals surface area contributed by atoms with Crippen LogP contribution in [0, 0.1) is 0 Å². The van der Waals surface area contributed by atoms with E-state index in [0.29, 0.717) is 64.6 Å². The average molecular weight is 731 g/mol. The highest BCUT2D eigenvalue weighted by molar-refractivity contribution is 5.90. The minimum Gasteiger partial charge on any atom is -0.369 e. The van der Waals surface area contributed by atoms with E-state index in [4.69, 9.17) is 11.5 Å². The Kier molecular flexibility index (Phi) is 35.4. The van der Waals surface area contributed by atoms with Crippen LogP contribution >= 0.6 is 0 Å². The molecule has 0 saturated heterocycles.